The standard InChI is InChI=1S/C10H11ClN4O3/c1-3-18-10(17)5-7(12)14-15-8(5)13-4(2)6(11)9(15)16/h14H,3,12H2,1-2H3. The van der Waals surface area contributed by atoms with Crippen LogP contribution in [0.15, 0.2) is 4.79 Å². The minimum Gasteiger partial charge on any atom is -0.462 e. The Morgan fingerprint density at radius 1 is 1.61 bits per heavy atom. The molecule has 2 rings (SSSR count). The molecule has 96 valence electrons. The predicted octanol–water partition coefficient (Wildman–Crippen LogP) is 0.743. The number of hydrogen-bond donors (Lipinski definition) is 2. The molecule has 0 aliphatic carbocycles. The number of H-pyrrole nitrogens is 1. The number of halogens is 1. The number of carbonyl (C=O) groups excluding carboxylic acids is 1. The lowest BCUT2D eigenvalue weighted by molar-refractivity contribution is 0.0529. The van der Waals surface area contributed by atoms with Crippen molar-refractivity contribution in [2.45, 2.75) is 13.8 Å². The molecule has 0 aliphatic rings. The SMILES string of the molecule is CCOC(=O)c1c(N)[nH]n2c(=O)c(Cl)c(C)nc12. The number of aromatic amines is 1. The van der Waals surface area contributed by atoms with Gasteiger partial charge in [0.25, 0.3) is 5.56 Å². The Morgan fingerprint density at radius 3 is 2.89 bits per heavy atom. The topological polar surface area (TPSA) is 102 Å². The average Bonchev–Trinajstić information content (AvgIpc) is 2.63. The van der Waals surface area contributed by atoms with Gasteiger partial charge in [0.2, 0.25) is 0 Å². The molecule has 0 radical (unpaired) electrons. The van der Waals surface area contributed by atoms with Crippen molar-refractivity contribution in [3.63, 3.8) is 0 Å². The lowest BCUT2D eigenvalue weighted by Crippen LogP contribution is -2.17. The Labute approximate surface area is 106 Å². The van der Waals surface area contributed by atoms with Crippen molar-refractivity contribution < 1.29 is 9.53 Å². The summed E-state index contributed by atoms with van der Waals surface area (Å²) >= 11 is 5.79. The number of anilines is 1. The number of nitrogens with two attached hydrogens (primary N) is 1. The Kier molecular flexibility index (Phi) is 3.00. The third-order valence-corrected chi connectivity index (χ3v) is 2.83. The van der Waals surface area contributed by atoms with Crippen LogP contribution in [0.2, 0.25) is 5.02 Å². The lowest BCUT2D eigenvalue weighted by Gasteiger charge is -2.01. The highest BCUT2D eigenvalue weighted by atomic mass is 35.5. The summed E-state index contributed by atoms with van der Waals surface area (Å²) in [5, 5.41) is 2.51. The molecule has 0 aliphatic heterocycles. The number of hydrogen-bond acceptors (Lipinski definition) is 5. The third-order valence-electron chi connectivity index (χ3n) is 2.40. The summed E-state index contributed by atoms with van der Waals surface area (Å²) in [6.07, 6.45) is 0. The fourth-order valence-corrected chi connectivity index (χ4v) is 1.71. The van der Waals surface area contributed by atoms with Crippen LogP contribution in [0.5, 0.6) is 0 Å². The number of nitrogens with one attached hydrogen (secondary N) is 1. The molecule has 0 atom stereocenters. The Bertz CT molecular complexity index is 688. The first-order chi connectivity index (χ1) is 8.47. The molecule has 0 saturated carbocycles. The van der Waals surface area contributed by atoms with E-state index >= 15 is 0 Å². The Morgan fingerprint density at radius 2 is 2.28 bits per heavy atom. The number of fused-ring (bicyclic) bond motifs is 1. The maximum Gasteiger partial charge on any atom is 0.345 e. The monoisotopic (exact) mass is 270 g/mol. The van der Waals surface area contributed by atoms with Crippen molar-refractivity contribution in [1.29, 1.82) is 0 Å². The summed E-state index contributed by atoms with van der Waals surface area (Å²) < 4.78 is 5.88. The maximum atomic E-state index is 11.8. The fraction of sp³-hybridized carbons (Fsp3) is 0.300. The van der Waals surface area contributed by atoms with Crippen molar-refractivity contribution in [1.82, 2.24) is 14.6 Å². The molecule has 0 aromatic carbocycles. The Hall–Kier alpha value is -2.02. The average molecular weight is 271 g/mol. The number of ether oxygens (including phenoxy) is 1. The molecule has 7 nitrogen and oxygen atoms in total. The van der Waals surface area contributed by atoms with Crippen LogP contribution in [0, 0.1) is 6.92 Å². The van der Waals surface area contributed by atoms with Crippen LogP contribution in [-0.2, 0) is 4.74 Å². The summed E-state index contributed by atoms with van der Waals surface area (Å²) in [6.45, 7) is 3.44. The maximum absolute atomic E-state index is 11.8. The molecule has 0 saturated heterocycles. The van der Waals surface area contributed by atoms with E-state index in [-0.39, 0.29) is 28.7 Å². The van der Waals surface area contributed by atoms with Gasteiger partial charge in [-0.1, -0.05) is 11.6 Å². The zero-order chi connectivity index (χ0) is 13.4. The van der Waals surface area contributed by atoms with Crippen LogP contribution in [0.4, 0.5) is 5.82 Å². The molecule has 2 aromatic heterocycles. The zero-order valence-corrected chi connectivity index (χ0v) is 10.5. The van der Waals surface area contributed by atoms with Crippen LogP contribution in [0.25, 0.3) is 5.65 Å². The first kappa shape index (κ1) is 12.4. The zero-order valence-electron chi connectivity index (χ0n) is 9.78. The van der Waals surface area contributed by atoms with Gasteiger partial charge in [0.05, 0.1) is 12.3 Å². The molecule has 0 amide bonds. The number of carbonyl (C=O) groups is 1. The number of esters is 1. The minimum absolute atomic E-state index is 0.0136. The van der Waals surface area contributed by atoms with Crippen molar-refractivity contribution >= 4 is 29.0 Å². The predicted molar refractivity (Wildman–Crippen MR) is 65.9 cm³/mol. The second kappa shape index (κ2) is 4.34. The molecule has 0 unspecified atom stereocenters. The molecule has 0 bridgehead atoms. The lowest BCUT2D eigenvalue weighted by atomic mass is 10.3. The van der Waals surface area contributed by atoms with Crippen molar-refractivity contribution in [3.05, 3.63) is 26.6 Å². The molecule has 0 spiro atoms. The van der Waals surface area contributed by atoms with E-state index < -0.39 is 11.5 Å². The van der Waals surface area contributed by atoms with Crippen molar-refractivity contribution in [2.75, 3.05) is 12.3 Å². The van der Waals surface area contributed by atoms with Gasteiger partial charge < -0.3 is 10.5 Å². The van der Waals surface area contributed by atoms with Gasteiger partial charge in [-0.25, -0.2) is 9.78 Å². The van der Waals surface area contributed by atoms with E-state index in [1.807, 2.05) is 0 Å². The summed E-state index contributed by atoms with van der Waals surface area (Å²) in [7, 11) is 0. The van der Waals surface area contributed by atoms with E-state index in [1.54, 1.807) is 13.8 Å². The summed E-state index contributed by atoms with van der Waals surface area (Å²) in [6, 6.07) is 0. The third kappa shape index (κ3) is 1.72. The molecular weight excluding hydrogens is 260 g/mol. The molecule has 18 heavy (non-hydrogen) atoms. The molecule has 3 N–H and O–H groups in total. The first-order valence-corrected chi connectivity index (χ1v) is 5.58. The second-order valence-corrected chi connectivity index (χ2v) is 3.97. The molecule has 2 heterocycles. The quantitative estimate of drug-likeness (QED) is 0.784. The van der Waals surface area contributed by atoms with E-state index in [0.29, 0.717) is 5.69 Å². The Balaban J connectivity index is 2.80. The van der Waals surface area contributed by atoms with Gasteiger partial charge in [-0.2, -0.15) is 4.52 Å². The van der Waals surface area contributed by atoms with Gasteiger partial charge in [0, 0.05) is 0 Å². The van der Waals surface area contributed by atoms with Gasteiger partial charge in [-0.15, -0.1) is 0 Å². The van der Waals surface area contributed by atoms with Gasteiger partial charge >= 0.3 is 5.97 Å². The fourth-order valence-electron chi connectivity index (χ4n) is 1.58. The van der Waals surface area contributed by atoms with Crippen LogP contribution >= 0.6 is 11.6 Å². The number of nitrogen functional groups attached to an aromatic ring is 1. The molecule has 8 heteroatoms. The summed E-state index contributed by atoms with van der Waals surface area (Å²) in [5.74, 6) is -0.623. The minimum atomic E-state index is -0.637. The van der Waals surface area contributed by atoms with Crippen LogP contribution < -0.4 is 11.3 Å². The number of nitrogens with zero attached hydrogens (tertiary/aromatic N) is 2. The van der Waals surface area contributed by atoms with E-state index in [4.69, 9.17) is 22.1 Å². The van der Waals surface area contributed by atoms with Gasteiger partial charge in [0.15, 0.2) is 5.65 Å². The van der Waals surface area contributed by atoms with E-state index in [2.05, 4.69) is 10.1 Å². The van der Waals surface area contributed by atoms with Gasteiger partial charge in [-0.05, 0) is 13.8 Å². The number of aromatic nitrogens is 3. The number of rotatable bonds is 2. The molecule has 0 fully saturated rings. The normalized spacial score (nSPS) is 10.8. The van der Waals surface area contributed by atoms with Gasteiger partial charge in [-0.3, -0.25) is 9.89 Å². The molecular formula is C10H11ClN4O3. The first-order valence-electron chi connectivity index (χ1n) is 5.20. The summed E-state index contributed by atoms with van der Waals surface area (Å²) in [5.41, 5.74) is 5.61. The van der Waals surface area contributed by atoms with Crippen molar-refractivity contribution in [2.24, 2.45) is 0 Å². The van der Waals surface area contributed by atoms with Gasteiger partial charge in [0.1, 0.15) is 16.4 Å². The van der Waals surface area contributed by atoms with Crippen molar-refractivity contribution in [3.8, 4) is 0 Å². The van der Waals surface area contributed by atoms with Crippen LogP contribution in [-0.4, -0.2) is 27.2 Å². The smallest absolute Gasteiger partial charge is 0.345 e. The molecule has 2 aromatic rings. The summed E-state index contributed by atoms with van der Waals surface area (Å²) in [4.78, 5) is 27.7. The van der Waals surface area contributed by atoms with Crippen LogP contribution in [0.1, 0.15) is 23.0 Å². The van der Waals surface area contributed by atoms with E-state index in [9.17, 15) is 9.59 Å². The number of aryl methyl sites for hydroxylation is 1. The largest absolute Gasteiger partial charge is 0.462 e. The highest BCUT2D eigenvalue weighted by Crippen LogP contribution is 2.18. The van der Waals surface area contributed by atoms with E-state index in [0.717, 1.165) is 4.52 Å². The highest BCUT2D eigenvalue weighted by Gasteiger charge is 2.22. The van der Waals surface area contributed by atoms with E-state index in [1.165, 1.54) is 0 Å². The van der Waals surface area contributed by atoms with Crippen LogP contribution in [0.3, 0.4) is 0 Å². The highest BCUT2D eigenvalue weighted by molar-refractivity contribution is 6.31. The second-order valence-electron chi connectivity index (χ2n) is 3.60.